The van der Waals surface area contributed by atoms with Crippen molar-refractivity contribution in [3.8, 4) is 5.75 Å². The van der Waals surface area contributed by atoms with Gasteiger partial charge in [-0.05, 0) is 0 Å². The highest BCUT2D eigenvalue weighted by atomic mass is 19.1. The van der Waals surface area contributed by atoms with Crippen molar-refractivity contribution in [1.29, 1.82) is 0 Å². The van der Waals surface area contributed by atoms with Crippen LogP contribution in [0.5, 0.6) is 5.75 Å². The lowest BCUT2D eigenvalue weighted by atomic mass is 10.0. The quantitative estimate of drug-likeness (QED) is 0.637. The van der Waals surface area contributed by atoms with E-state index in [0.717, 1.165) is 6.07 Å². The first-order chi connectivity index (χ1) is 7.10. The van der Waals surface area contributed by atoms with Gasteiger partial charge in [-0.1, -0.05) is 27.2 Å². The molecule has 1 unspecified atom stereocenters. The summed E-state index contributed by atoms with van der Waals surface area (Å²) in [5, 5.41) is 0. The van der Waals surface area contributed by atoms with Crippen LogP contribution in [0.25, 0.3) is 0 Å². The van der Waals surface area contributed by atoms with Gasteiger partial charge in [0.2, 0.25) is 0 Å². The Morgan fingerprint density at radius 1 is 1.33 bits per heavy atom. The summed E-state index contributed by atoms with van der Waals surface area (Å²) in [6, 6.07) is 2.12. The van der Waals surface area contributed by atoms with Crippen molar-refractivity contribution in [3.05, 3.63) is 29.3 Å². The third-order valence-corrected chi connectivity index (χ3v) is 2.04. The predicted molar refractivity (Wildman–Crippen MR) is 56.2 cm³/mol. The molecule has 0 saturated heterocycles. The normalized spacial score (nSPS) is 17.5. The second-order valence-electron chi connectivity index (χ2n) is 3.72. The zero-order valence-electron chi connectivity index (χ0n) is 9.31. The molecule has 15 heavy (non-hydrogen) atoms. The van der Waals surface area contributed by atoms with E-state index in [-0.39, 0.29) is 5.92 Å². The van der Waals surface area contributed by atoms with Gasteiger partial charge in [0.1, 0.15) is 17.4 Å². The number of fused-ring (bicyclic) bond motifs is 1. The minimum absolute atomic E-state index is 0.0283. The molecule has 0 fully saturated rings. The van der Waals surface area contributed by atoms with Crippen molar-refractivity contribution in [2.24, 2.45) is 0 Å². The average molecular weight is 214 g/mol. The molecule has 1 aromatic rings. The van der Waals surface area contributed by atoms with Gasteiger partial charge in [0, 0.05) is 23.6 Å². The topological polar surface area (TPSA) is 9.23 Å². The van der Waals surface area contributed by atoms with Crippen molar-refractivity contribution < 1.29 is 13.5 Å². The monoisotopic (exact) mass is 214 g/mol. The molecule has 1 nitrogen and oxygen atoms in total. The van der Waals surface area contributed by atoms with Crippen LogP contribution in [0.1, 0.15) is 38.7 Å². The van der Waals surface area contributed by atoms with E-state index in [1.165, 1.54) is 12.5 Å². The number of hydrogen-bond donors (Lipinski definition) is 0. The van der Waals surface area contributed by atoms with Crippen molar-refractivity contribution in [3.63, 3.8) is 0 Å². The molecular formula is C12H16F2O. The van der Waals surface area contributed by atoms with Gasteiger partial charge in [0.05, 0.1) is 6.61 Å². The lowest BCUT2D eigenvalue weighted by Crippen LogP contribution is -1.95. The molecule has 1 heterocycles. The maximum absolute atomic E-state index is 13.1. The highest BCUT2D eigenvalue weighted by molar-refractivity contribution is 5.40. The summed E-state index contributed by atoms with van der Waals surface area (Å²) >= 11 is 0. The van der Waals surface area contributed by atoms with Crippen LogP contribution in [0.2, 0.25) is 0 Å². The van der Waals surface area contributed by atoms with E-state index in [0.29, 0.717) is 17.9 Å². The van der Waals surface area contributed by atoms with E-state index in [4.69, 9.17) is 4.74 Å². The van der Waals surface area contributed by atoms with Gasteiger partial charge in [-0.15, -0.1) is 0 Å². The molecule has 2 rings (SSSR count). The molecule has 3 heteroatoms. The third-order valence-electron chi connectivity index (χ3n) is 2.04. The lowest BCUT2D eigenvalue weighted by molar-refractivity contribution is 0.336. The maximum atomic E-state index is 13.1. The zero-order chi connectivity index (χ0) is 11.4. The summed E-state index contributed by atoms with van der Waals surface area (Å²) in [5.74, 6) is -0.712. The summed E-state index contributed by atoms with van der Waals surface area (Å²) in [7, 11) is 0. The van der Waals surface area contributed by atoms with Gasteiger partial charge >= 0.3 is 0 Å². The zero-order valence-corrected chi connectivity index (χ0v) is 9.31. The van der Waals surface area contributed by atoms with Crippen LogP contribution in [0, 0.1) is 11.6 Å². The van der Waals surface area contributed by atoms with Crippen LogP contribution in [0.4, 0.5) is 8.78 Å². The van der Waals surface area contributed by atoms with Crippen molar-refractivity contribution in [2.45, 2.75) is 33.1 Å². The molecule has 1 aliphatic heterocycles. The second-order valence-corrected chi connectivity index (χ2v) is 3.72. The van der Waals surface area contributed by atoms with E-state index < -0.39 is 11.6 Å². The minimum atomic E-state index is -0.583. The summed E-state index contributed by atoms with van der Waals surface area (Å²) in [6.45, 7) is 6.54. The van der Waals surface area contributed by atoms with Crippen LogP contribution in [-0.2, 0) is 0 Å². The average Bonchev–Trinajstić information content (AvgIpc) is 2.48. The number of hydrogen-bond acceptors (Lipinski definition) is 1. The Labute approximate surface area is 89.1 Å². The summed E-state index contributed by atoms with van der Waals surface area (Å²) in [5.41, 5.74) is 0.497. The van der Waals surface area contributed by atoms with Crippen molar-refractivity contribution in [1.82, 2.24) is 0 Å². The van der Waals surface area contributed by atoms with Gasteiger partial charge in [-0.25, -0.2) is 8.78 Å². The van der Waals surface area contributed by atoms with Gasteiger partial charge in [0.15, 0.2) is 0 Å². The number of halogens is 2. The fourth-order valence-corrected chi connectivity index (χ4v) is 1.46. The lowest BCUT2D eigenvalue weighted by Gasteiger charge is -2.01. The van der Waals surface area contributed by atoms with Gasteiger partial charge < -0.3 is 4.74 Å². The summed E-state index contributed by atoms with van der Waals surface area (Å²) in [6.07, 6.45) is 1.25. The Hall–Kier alpha value is -1.12. The van der Waals surface area contributed by atoms with E-state index in [1.54, 1.807) is 0 Å². The first-order valence-corrected chi connectivity index (χ1v) is 5.21. The molecule has 1 atom stereocenters. The maximum Gasteiger partial charge on any atom is 0.133 e. The van der Waals surface area contributed by atoms with Crippen LogP contribution in [0.3, 0.4) is 0 Å². The molecule has 0 radical (unpaired) electrons. The number of benzene rings is 1. The molecule has 0 aliphatic carbocycles. The predicted octanol–water partition coefficient (Wildman–Crippen LogP) is 3.88. The smallest absolute Gasteiger partial charge is 0.133 e. The molecular weight excluding hydrogens is 198 g/mol. The number of rotatable bonds is 0. The SMILES string of the molecule is CC1COc2cc(F)cc(F)c21.CCC. The molecule has 0 aromatic heterocycles. The molecule has 84 valence electrons. The third kappa shape index (κ3) is 2.67. The summed E-state index contributed by atoms with van der Waals surface area (Å²) in [4.78, 5) is 0. The largest absolute Gasteiger partial charge is 0.492 e. The van der Waals surface area contributed by atoms with Crippen molar-refractivity contribution >= 4 is 0 Å². The molecule has 0 N–H and O–H groups in total. The van der Waals surface area contributed by atoms with E-state index in [9.17, 15) is 8.78 Å². The van der Waals surface area contributed by atoms with Gasteiger partial charge in [0.25, 0.3) is 0 Å². The van der Waals surface area contributed by atoms with Gasteiger partial charge in [-0.2, -0.15) is 0 Å². The Morgan fingerprint density at radius 2 is 1.93 bits per heavy atom. The number of ether oxygens (including phenoxy) is 1. The second kappa shape index (κ2) is 5.10. The van der Waals surface area contributed by atoms with Crippen LogP contribution in [0.15, 0.2) is 12.1 Å². The molecule has 0 saturated carbocycles. The Balaban J connectivity index is 0.000000337. The first kappa shape index (κ1) is 12.0. The molecule has 0 spiro atoms. The fraction of sp³-hybridized carbons (Fsp3) is 0.500. The molecule has 0 amide bonds. The van der Waals surface area contributed by atoms with Crippen LogP contribution >= 0.6 is 0 Å². The van der Waals surface area contributed by atoms with Crippen molar-refractivity contribution in [2.75, 3.05) is 6.61 Å². The molecule has 1 aliphatic rings. The van der Waals surface area contributed by atoms with Crippen LogP contribution < -0.4 is 4.74 Å². The fourth-order valence-electron chi connectivity index (χ4n) is 1.46. The minimum Gasteiger partial charge on any atom is -0.492 e. The standard InChI is InChI=1S/C9H8F2O.C3H8/c1-5-4-12-8-3-6(10)2-7(11)9(5)8;1-3-2/h2-3,5H,4H2,1H3;3H2,1-2H3. The summed E-state index contributed by atoms with van der Waals surface area (Å²) < 4.78 is 30.8. The Bertz CT molecular complexity index is 337. The first-order valence-electron chi connectivity index (χ1n) is 5.21. The van der Waals surface area contributed by atoms with E-state index >= 15 is 0 Å². The molecule has 0 bridgehead atoms. The van der Waals surface area contributed by atoms with E-state index in [1.807, 2.05) is 6.92 Å². The van der Waals surface area contributed by atoms with E-state index in [2.05, 4.69) is 13.8 Å². The highest BCUT2D eigenvalue weighted by Crippen LogP contribution is 2.35. The highest BCUT2D eigenvalue weighted by Gasteiger charge is 2.24. The van der Waals surface area contributed by atoms with Crippen LogP contribution in [-0.4, -0.2) is 6.61 Å². The molecule has 1 aromatic carbocycles. The Kier molecular flexibility index (Phi) is 4.06. The Morgan fingerprint density at radius 3 is 2.53 bits per heavy atom. The van der Waals surface area contributed by atoms with Gasteiger partial charge in [-0.3, -0.25) is 0 Å².